The number of rotatable bonds is 14. The van der Waals surface area contributed by atoms with Gasteiger partial charge in [0, 0.05) is 0 Å². The molecule has 0 aliphatic rings. The van der Waals surface area contributed by atoms with E-state index in [0.29, 0.717) is 25.8 Å². The first-order valence-corrected chi connectivity index (χ1v) is 10.1. The molecule has 0 aromatic heterocycles. The summed E-state index contributed by atoms with van der Waals surface area (Å²) in [5.74, 6) is -3.17. The van der Waals surface area contributed by atoms with Gasteiger partial charge in [-0.3, -0.25) is 14.4 Å². The Balaban J connectivity index is 5.31. The molecular weight excluding hydrogens is 378 g/mol. The van der Waals surface area contributed by atoms with Crippen LogP contribution < -0.4 is 27.4 Å². The normalized spacial score (nSPS) is 15.1. The molecule has 0 spiro atoms. The van der Waals surface area contributed by atoms with Crippen LogP contribution in [0.5, 0.6) is 0 Å². The van der Waals surface area contributed by atoms with Gasteiger partial charge in [0.05, 0.1) is 6.54 Å². The van der Waals surface area contributed by atoms with E-state index in [4.69, 9.17) is 11.5 Å². The second-order valence-electron chi connectivity index (χ2n) is 7.55. The second-order valence-corrected chi connectivity index (χ2v) is 7.55. The molecule has 0 aliphatic heterocycles. The number of aliphatic carboxylic acids is 1. The Labute approximate surface area is 172 Å². The molecule has 10 nitrogen and oxygen atoms in total. The lowest BCUT2D eigenvalue weighted by molar-refractivity contribution is -0.143. The standard InChI is InChI=1S/C19H37N5O5/c1-5-12(4)16(18(27)22-13(19(28)29)8-6-7-9-20)24-17(26)15(11(2)3)23-14(25)10-21/h11-13,15-16H,5-10,20-21H2,1-4H3,(H,22,27)(H,23,25)(H,24,26)(H,28,29). The quantitative estimate of drug-likeness (QED) is 0.203. The molecule has 0 aliphatic carbocycles. The summed E-state index contributed by atoms with van der Waals surface area (Å²) in [7, 11) is 0. The maximum absolute atomic E-state index is 12.8. The van der Waals surface area contributed by atoms with Crippen LogP contribution in [0.4, 0.5) is 0 Å². The van der Waals surface area contributed by atoms with Crippen molar-refractivity contribution in [2.24, 2.45) is 23.3 Å². The average Bonchev–Trinajstić information content (AvgIpc) is 2.67. The van der Waals surface area contributed by atoms with Gasteiger partial charge in [0.1, 0.15) is 18.1 Å². The zero-order valence-electron chi connectivity index (χ0n) is 17.9. The minimum absolute atomic E-state index is 0.228. The Morgan fingerprint density at radius 2 is 1.48 bits per heavy atom. The van der Waals surface area contributed by atoms with Crippen LogP contribution in [0.3, 0.4) is 0 Å². The first-order chi connectivity index (χ1) is 13.6. The number of nitrogens with two attached hydrogens (primary N) is 2. The van der Waals surface area contributed by atoms with E-state index in [0.717, 1.165) is 0 Å². The van der Waals surface area contributed by atoms with Crippen LogP contribution in [0.2, 0.25) is 0 Å². The fourth-order valence-corrected chi connectivity index (χ4v) is 2.72. The highest BCUT2D eigenvalue weighted by molar-refractivity contribution is 5.93. The summed E-state index contributed by atoms with van der Waals surface area (Å²) in [5, 5.41) is 17.1. The number of hydrogen-bond acceptors (Lipinski definition) is 6. The Bertz CT molecular complexity index is 555. The molecule has 10 heteroatoms. The van der Waals surface area contributed by atoms with Gasteiger partial charge in [-0.25, -0.2) is 4.79 Å². The maximum atomic E-state index is 12.8. The molecule has 168 valence electrons. The first kappa shape index (κ1) is 26.8. The fraction of sp³-hybridized carbons (Fsp3) is 0.789. The molecule has 0 bridgehead atoms. The van der Waals surface area contributed by atoms with Crippen molar-refractivity contribution in [3.63, 3.8) is 0 Å². The van der Waals surface area contributed by atoms with Gasteiger partial charge in [-0.05, 0) is 37.6 Å². The van der Waals surface area contributed by atoms with E-state index in [2.05, 4.69) is 16.0 Å². The number of carbonyl (C=O) groups excluding carboxylic acids is 3. The third-order valence-corrected chi connectivity index (χ3v) is 4.81. The van der Waals surface area contributed by atoms with Crippen LogP contribution >= 0.6 is 0 Å². The van der Waals surface area contributed by atoms with Crippen LogP contribution in [0.1, 0.15) is 53.4 Å². The van der Waals surface area contributed by atoms with E-state index in [9.17, 15) is 24.3 Å². The summed E-state index contributed by atoms with van der Waals surface area (Å²) in [4.78, 5) is 48.6. The second kappa shape index (κ2) is 13.9. The molecule has 8 N–H and O–H groups in total. The molecule has 29 heavy (non-hydrogen) atoms. The summed E-state index contributed by atoms with van der Waals surface area (Å²) < 4.78 is 0. The zero-order chi connectivity index (χ0) is 22.6. The molecule has 0 saturated heterocycles. The SMILES string of the molecule is CCC(C)C(NC(=O)C(NC(=O)CN)C(C)C)C(=O)NC(CCCCN)C(=O)O. The zero-order valence-corrected chi connectivity index (χ0v) is 17.9. The van der Waals surface area contributed by atoms with Gasteiger partial charge in [-0.15, -0.1) is 0 Å². The van der Waals surface area contributed by atoms with E-state index in [1.165, 1.54) is 0 Å². The summed E-state index contributed by atoms with van der Waals surface area (Å²) in [6.07, 6.45) is 2.06. The molecule has 4 atom stereocenters. The molecule has 0 rings (SSSR count). The minimum atomic E-state index is -1.14. The molecule has 3 amide bonds. The summed E-state index contributed by atoms with van der Waals surface area (Å²) in [6, 6.07) is -2.85. The molecule has 4 unspecified atom stereocenters. The fourth-order valence-electron chi connectivity index (χ4n) is 2.72. The number of nitrogens with one attached hydrogen (secondary N) is 3. The highest BCUT2D eigenvalue weighted by Crippen LogP contribution is 2.11. The van der Waals surface area contributed by atoms with Crippen LogP contribution in [0.25, 0.3) is 0 Å². The Morgan fingerprint density at radius 3 is 1.93 bits per heavy atom. The van der Waals surface area contributed by atoms with Crippen molar-refractivity contribution >= 4 is 23.7 Å². The molecule has 0 aromatic rings. The van der Waals surface area contributed by atoms with Gasteiger partial charge in [0.25, 0.3) is 0 Å². The van der Waals surface area contributed by atoms with Crippen LogP contribution in [-0.4, -0.2) is 60.0 Å². The lowest BCUT2D eigenvalue weighted by atomic mass is 9.96. The molecular formula is C19H37N5O5. The van der Waals surface area contributed by atoms with E-state index >= 15 is 0 Å². The summed E-state index contributed by atoms with van der Waals surface area (Å²) >= 11 is 0. The van der Waals surface area contributed by atoms with Crippen molar-refractivity contribution in [2.45, 2.75) is 71.5 Å². The lowest BCUT2D eigenvalue weighted by Crippen LogP contribution is -2.59. The largest absolute Gasteiger partial charge is 0.480 e. The Morgan fingerprint density at radius 1 is 0.897 bits per heavy atom. The topological polar surface area (TPSA) is 177 Å². The van der Waals surface area contributed by atoms with Crippen LogP contribution in [0.15, 0.2) is 0 Å². The van der Waals surface area contributed by atoms with Crippen molar-refractivity contribution in [1.82, 2.24) is 16.0 Å². The molecule has 0 heterocycles. The van der Waals surface area contributed by atoms with Crippen LogP contribution in [-0.2, 0) is 19.2 Å². The smallest absolute Gasteiger partial charge is 0.326 e. The number of carboxylic acid groups (broad SMARTS) is 1. The average molecular weight is 416 g/mol. The van der Waals surface area contributed by atoms with Gasteiger partial charge in [0.15, 0.2) is 0 Å². The third kappa shape index (κ3) is 9.71. The van der Waals surface area contributed by atoms with Crippen molar-refractivity contribution in [3.8, 4) is 0 Å². The van der Waals surface area contributed by atoms with E-state index in [-0.39, 0.29) is 24.8 Å². The highest BCUT2D eigenvalue weighted by atomic mass is 16.4. The lowest BCUT2D eigenvalue weighted by Gasteiger charge is -2.28. The minimum Gasteiger partial charge on any atom is -0.480 e. The molecule has 0 radical (unpaired) electrons. The van der Waals surface area contributed by atoms with E-state index in [1.54, 1.807) is 20.8 Å². The number of amides is 3. The number of carboxylic acids is 1. The number of carbonyl (C=O) groups is 4. The predicted molar refractivity (Wildman–Crippen MR) is 110 cm³/mol. The van der Waals surface area contributed by atoms with Gasteiger partial charge in [-0.1, -0.05) is 34.1 Å². The first-order valence-electron chi connectivity index (χ1n) is 10.1. The van der Waals surface area contributed by atoms with Gasteiger partial charge < -0.3 is 32.5 Å². The predicted octanol–water partition coefficient (Wildman–Crippen LogP) is -0.685. The molecule has 0 aromatic carbocycles. The molecule has 0 fully saturated rings. The third-order valence-electron chi connectivity index (χ3n) is 4.81. The highest BCUT2D eigenvalue weighted by Gasteiger charge is 2.32. The van der Waals surface area contributed by atoms with Crippen molar-refractivity contribution in [1.29, 1.82) is 0 Å². The van der Waals surface area contributed by atoms with E-state index in [1.807, 2.05) is 6.92 Å². The van der Waals surface area contributed by atoms with Gasteiger partial charge in [0.2, 0.25) is 17.7 Å². The maximum Gasteiger partial charge on any atom is 0.326 e. The Hall–Kier alpha value is -2.20. The monoisotopic (exact) mass is 415 g/mol. The number of hydrogen-bond donors (Lipinski definition) is 6. The van der Waals surface area contributed by atoms with E-state index < -0.39 is 41.8 Å². The number of unbranched alkanes of at least 4 members (excludes halogenated alkanes) is 1. The van der Waals surface area contributed by atoms with Crippen molar-refractivity contribution in [3.05, 3.63) is 0 Å². The van der Waals surface area contributed by atoms with Gasteiger partial charge >= 0.3 is 5.97 Å². The Kier molecular flexibility index (Phi) is 12.8. The summed E-state index contributed by atoms with van der Waals surface area (Å²) in [5.41, 5.74) is 10.7. The van der Waals surface area contributed by atoms with Crippen molar-refractivity contribution in [2.75, 3.05) is 13.1 Å². The molecule has 0 saturated carbocycles. The summed E-state index contributed by atoms with van der Waals surface area (Å²) in [6.45, 7) is 7.36. The van der Waals surface area contributed by atoms with Crippen LogP contribution in [0, 0.1) is 11.8 Å². The van der Waals surface area contributed by atoms with Gasteiger partial charge in [-0.2, -0.15) is 0 Å². The van der Waals surface area contributed by atoms with Crippen molar-refractivity contribution < 1.29 is 24.3 Å².